The first kappa shape index (κ1) is 25.2. The van der Waals surface area contributed by atoms with Crippen molar-refractivity contribution in [2.24, 2.45) is 11.8 Å². The highest BCUT2D eigenvalue weighted by molar-refractivity contribution is 5.78. The molecule has 1 amide bonds. The van der Waals surface area contributed by atoms with Crippen molar-refractivity contribution in [2.45, 2.75) is 84.5 Å². The number of amides is 1. The number of hydrogen-bond acceptors (Lipinski definition) is 5. The predicted octanol–water partition coefficient (Wildman–Crippen LogP) is 4.99. The van der Waals surface area contributed by atoms with Crippen LogP contribution in [0.5, 0.6) is 0 Å². The Hall–Kier alpha value is -2.08. The Kier molecular flexibility index (Phi) is 8.92. The topological polar surface area (TPSA) is 76.7 Å². The first-order chi connectivity index (χ1) is 14.4. The van der Waals surface area contributed by atoms with Gasteiger partial charge in [-0.1, -0.05) is 30.3 Å². The number of hydrogen-bond donors (Lipinski definition) is 2. The van der Waals surface area contributed by atoms with Gasteiger partial charge in [-0.25, -0.2) is 9.59 Å². The molecule has 1 atom stereocenters. The van der Waals surface area contributed by atoms with E-state index in [2.05, 4.69) is 10.6 Å². The summed E-state index contributed by atoms with van der Waals surface area (Å²) in [6, 6.07) is 9.28. The molecule has 0 saturated heterocycles. The molecule has 6 nitrogen and oxygen atoms in total. The van der Waals surface area contributed by atoms with E-state index in [1.807, 2.05) is 71.9 Å². The van der Waals surface area contributed by atoms with Gasteiger partial charge >= 0.3 is 12.1 Å². The molecule has 0 radical (unpaired) electrons. The molecule has 0 heterocycles. The summed E-state index contributed by atoms with van der Waals surface area (Å²) in [5.41, 5.74) is -0.0750. The molecule has 0 aliphatic heterocycles. The molecule has 174 valence electrons. The van der Waals surface area contributed by atoms with Crippen molar-refractivity contribution >= 4 is 12.1 Å². The molecule has 0 aromatic heterocycles. The zero-order valence-electron chi connectivity index (χ0n) is 20.0. The van der Waals surface area contributed by atoms with Crippen LogP contribution in [-0.2, 0) is 14.3 Å². The van der Waals surface area contributed by atoms with Crippen molar-refractivity contribution in [1.29, 1.82) is 0 Å². The van der Waals surface area contributed by atoms with E-state index in [9.17, 15) is 9.59 Å². The van der Waals surface area contributed by atoms with Crippen LogP contribution in [0.25, 0.3) is 0 Å². The molecular formula is C25H40N2O4. The van der Waals surface area contributed by atoms with Gasteiger partial charge in [0.05, 0.1) is 0 Å². The number of rotatable bonds is 7. The zero-order chi connectivity index (χ0) is 23.1. The quantitative estimate of drug-likeness (QED) is 0.594. The molecule has 1 aliphatic carbocycles. The Morgan fingerprint density at radius 3 is 1.90 bits per heavy atom. The third-order valence-corrected chi connectivity index (χ3v) is 5.29. The molecule has 1 fully saturated rings. The highest BCUT2D eigenvalue weighted by Crippen LogP contribution is 2.29. The van der Waals surface area contributed by atoms with Gasteiger partial charge in [0.15, 0.2) is 0 Å². The van der Waals surface area contributed by atoms with E-state index in [0.717, 1.165) is 37.8 Å². The summed E-state index contributed by atoms with van der Waals surface area (Å²) in [5, 5.41) is 6.35. The number of ether oxygens (including phenoxy) is 2. The van der Waals surface area contributed by atoms with Gasteiger partial charge in [0.1, 0.15) is 17.2 Å². The Morgan fingerprint density at radius 1 is 0.871 bits per heavy atom. The van der Waals surface area contributed by atoms with E-state index in [-0.39, 0.29) is 12.1 Å². The highest BCUT2D eigenvalue weighted by atomic mass is 16.6. The zero-order valence-corrected chi connectivity index (χ0v) is 20.0. The second kappa shape index (κ2) is 11.0. The van der Waals surface area contributed by atoms with Gasteiger partial charge in [-0.2, -0.15) is 0 Å². The molecule has 0 unspecified atom stereocenters. The molecule has 0 spiro atoms. The average Bonchev–Trinajstić information content (AvgIpc) is 2.65. The lowest BCUT2D eigenvalue weighted by molar-refractivity contribution is -0.157. The Labute approximate surface area is 187 Å². The minimum absolute atomic E-state index is 0.242. The molecule has 2 N–H and O–H groups in total. The maximum atomic E-state index is 12.8. The third-order valence-electron chi connectivity index (χ3n) is 5.29. The van der Waals surface area contributed by atoms with E-state index in [1.165, 1.54) is 0 Å². The van der Waals surface area contributed by atoms with Crippen LogP contribution in [0.4, 0.5) is 4.79 Å². The normalized spacial score (nSPS) is 20.6. The second-order valence-corrected chi connectivity index (χ2v) is 10.6. The molecule has 6 heteroatoms. The SMILES string of the molecule is CC(C)(C)OC(=O)NCC1CCC(CN[C@H](C(=O)OC(C)(C)C)c2ccccc2)CC1. The van der Waals surface area contributed by atoms with Crippen molar-refractivity contribution < 1.29 is 19.1 Å². The van der Waals surface area contributed by atoms with Crippen LogP contribution in [0.2, 0.25) is 0 Å². The average molecular weight is 433 g/mol. The van der Waals surface area contributed by atoms with Gasteiger partial charge in [-0.3, -0.25) is 0 Å². The lowest BCUT2D eigenvalue weighted by Crippen LogP contribution is -2.39. The molecule has 1 aromatic carbocycles. The minimum atomic E-state index is -0.523. The van der Waals surface area contributed by atoms with Crippen molar-refractivity contribution in [2.75, 3.05) is 13.1 Å². The van der Waals surface area contributed by atoms with Gasteiger partial charge in [-0.05, 0) is 91.2 Å². The summed E-state index contributed by atoms with van der Waals surface area (Å²) in [6.45, 7) is 12.7. The highest BCUT2D eigenvalue weighted by Gasteiger charge is 2.28. The Bertz CT molecular complexity index is 698. The van der Waals surface area contributed by atoms with Gasteiger partial charge in [0, 0.05) is 6.54 Å². The molecule has 2 rings (SSSR count). The van der Waals surface area contributed by atoms with Gasteiger partial charge in [-0.15, -0.1) is 0 Å². The fraction of sp³-hybridized carbons (Fsp3) is 0.680. The van der Waals surface area contributed by atoms with E-state index in [1.54, 1.807) is 0 Å². The molecule has 1 aliphatic rings. The smallest absolute Gasteiger partial charge is 0.407 e. The molecule has 1 aromatic rings. The standard InChI is InChI=1S/C25H40N2O4/c1-24(2,3)30-22(28)21(20-10-8-7-9-11-20)26-16-18-12-14-19(15-13-18)17-27-23(29)31-25(4,5)6/h7-11,18-19,21,26H,12-17H2,1-6H3,(H,27,29)/t18?,19?,21-/m0/s1. The van der Waals surface area contributed by atoms with Gasteiger partial charge in [0.2, 0.25) is 0 Å². The van der Waals surface area contributed by atoms with Crippen LogP contribution in [0.15, 0.2) is 30.3 Å². The molecule has 1 saturated carbocycles. The van der Waals surface area contributed by atoms with Crippen molar-refractivity contribution in [3.05, 3.63) is 35.9 Å². The number of nitrogens with one attached hydrogen (secondary N) is 2. The number of carbonyl (C=O) groups is 2. The van der Waals surface area contributed by atoms with Crippen LogP contribution in [0.1, 0.15) is 78.8 Å². The lowest BCUT2D eigenvalue weighted by atomic mass is 9.82. The summed E-state index contributed by atoms with van der Waals surface area (Å²) < 4.78 is 11.0. The first-order valence-electron chi connectivity index (χ1n) is 11.4. The maximum absolute atomic E-state index is 12.8. The summed E-state index contributed by atoms with van der Waals surface area (Å²) in [4.78, 5) is 24.6. The molecule has 0 bridgehead atoms. The first-order valence-corrected chi connectivity index (χ1v) is 11.4. The number of benzene rings is 1. The number of esters is 1. The van der Waals surface area contributed by atoms with E-state index in [0.29, 0.717) is 18.4 Å². The number of carbonyl (C=O) groups excluding carboxylic acids is 2. The monoisotopic (exact) mass is 432 g/mol. The summed E-state index contributed by atoms with van der Waals surface area (Å²) in [5.74, 6) is 0.736. The summed E-state index contributed by atoms with van der Waals surface area (Å²) >= 11 is 0. The van der Waals surface area contributed by atoms with Gasteiger partial charge in [0.25, 0.3) is 0 Å². The Morgan fingerprint density at radius 2 is 1.39 bits per heavy atom. The van der Waals surface area contributed by atoms with Crippen molar-refractivity contribution in [3.8, 4) is 0 Å². The second-order valence-electron chi connectivity index (χ2n) is 10.6. The molecule has 31 heavy (non-hydrogen) atoms. The minimum Gasteiger partial charge on any atom is -0.459 e. The van der Waals surface area contributed by atoms with E-state index in [4.69, 9.17) is 9.47 Å². The fourth-order valence-electron chi connectivity index (χ4n) is 3.81. The van der Waals surface area contributed by atoms with Crippen LogP contribution < -0.4 is 10.6 Å². The summed E-state index contributed by atoms with van der Waals surface area (Å²) in [7, 11) is 0. The predicted molar refractivity (Wildman–Crippen MR) is 123 cm³/mol. The van der Waals surface area contributed by atoms with Gasteiger partial charge < -0.3 is 20.1 Å². The van der Waals surface area contributed by atoms with Crippen molar-refractivity contribution in [3.63, 3.8) is 0 Å². The van der Waals surface area contributed by atoms with E-state index < -0.39 is 17.2 Å². The van der Waals surface area contributed by atoms with Crippen molar-refractivity contribution in [1.82, 2.24) is 10.6 Å². The molecular weight excluding hydrogens is 392 g/mol. The fourth-order valence-corrected chi connectivity index (χ4v) is 3.81. The van der Waals surface area contributed by atoms with E-state index >= 15 is 0 Å². The summed E-state index contributed by atoms with van der Waals surface area (Å²) in [6.07, 6.45) is 3.92. The third kappa shape index (κ3) is 9.72. The maximum Gasteiger partial charge on any atom is 0.407 e. The van der Waals surface area contributed by atoms with Crippen LogP contribution >= 0.6 is 0 Å². The van der Waals surface area contributed by atoms with Crippen LogP contribution in [0, 0.1) is 11.8 Å². The largest absolute Gasteiger partial charge is 0.459 e. The van der Waals surface area contributed by atoms with Crippen LogP contribution in [-0.4, -0.2) is 36.4 Å². The van der Waals surface area contributed by atoms with Crippen LogP contribution in [0.3, 0.4) is 0 Å². The lowest BCUT2D eigenvalue weighted by Gasteiger charge is -2.31. The number of alkyl carbamates (subject to hydrolysis) is 1. The Balaban J connectivity index is 1.82.